The second-order valence-electron chi connectivity index (χ2n) is 3.85. The van der Waals surface area contributed by atoms with E-state index in [1.54, 1.807) is 18.2 Å². The zero-order valence-corrected chi connectivity index (χ0v) is 11.4. The van der Waals surface area contributed by atoms with E-state index in [9.17, 15) is 13.0 Å². The Balaban J connectivity index is 2.69. The summed E-state index contributed by atoms with van der Waals surface area (Å²) in [7, 11) is -4.37. The molecule has 0 radical (unpaired) electrons. The number of hydrogen-bond donors (Lipinski definition) is 2. The van der Waals surface area contributed by atoms with Crippen LogP contribution in [0.4, 0.5) is 0 Å². The Kier molecular flexibility index (Phi) is 4.09. The molecule has 0 amide bonds. The molecule has 2 aromatic rings. The highest BCUT2D eigenvalue weighted by atomic mass is 32.2. The van der Waals surface area contributed by atoms with E-state index in [2.05, 4.69) is 9.37 Å². The summed E-state index contributed by atoms with van der Waals surface area (Å²) in [5, 5.41) is 12.6. The Morgan fingerprint density at radius 1 is 1.21 bits per heavy atom. The molecule has 8 heteroatoms. The summed E-state index contributed by atoms with van der Waals surface area (Å²) in [4.78, 5) is 0.135. The maximum absolute atomic E-state index is 11.4. The smallest absolute Gasteiger partial charge is 0.282 e. The SMILES string of the molecule is Cc1ccc2cc(SOOO)cc(S(=O)(=O)O)c2c1. The normalized spacial score (nSPS) is 11.9. The van der Waals surface area contributed by atoms with Crippen LogP contribution in [0.1, 0.15) is 5.56 Å². The third-order valence-corrected chi connectivity index (χ3v) is 3.93. The first-order valence-corrected chi connectivity index (χ1v) is 7.26. The van der Waals surface area contributed by atoms with E-state index in [0.717, 1.165) is 5.56 Å². The number of hydrogen-bond acceptors (Lipinski definition) is 6. The van der Waals surface area contributed by atoms with Gasteiger partial charge in [-0.05, 0) is 24.4 Å². The Labute approximate surface area is 113 Å². The van der Waals surface area contributed by atoms with Crippen LogP contribution in [-0.2, 0) is 19.5 Å². The minimum absolute atomic E-state index is 0.224. The molecule has 2 N–H and O–H groups in total. The predicted molar refractivity (Wildman–Crippen MR) is 69.2 cm³/mol. The first kappa shape index (κ1) is 14.3. The maximum Gasteiger partial charge on any atom is 0.295 e. The van der Waals surface area contributed by atoms with Crippen LogP contribution < -0.4 is 0 Å². The van der Waals surface area contributed by atoms with Gasteiger partial charge < -0.3 is 0 Å². The molecule has 0 heterocycles. The van der Waals surface area contributed by atoms with Gasteiger partial charge in [0.1, 0.15) is 4.90 Å². The summed E-state index contributed by atoms with van der Waals surface area (Å²) in [6.45, 7) is 1.82. The Morgan fingerprint density at radius 2 is 1.95 bits per heavy atom. The minimum atomic E-state index is -4.37. The molecule has 19 heavy (non-hydrogen) atoms. The van der Waals surface area contributed by atoms with Gasteiger partial charge in [-0.2, -0.15) is 8.42 Å². The Bertz CT molecular complexity index is 710. The molecular formula is C11H10O6S2. The van der Waals surface area contributed by atoms with Gasteiger partial charge in [0.15, 0.2) is 0 Å². The topological polar surface area (TPSA) is 93.1 Å². The molecule has 0 bridgehead atoms. The first-order chi connectivity index (χ1) is 8.91. The lowest BCUT2D eigenvalue weighted by Crippen LogP contribution is -2.00. The van der Waals surface area contributed by atoms with Crippen molar-refractivity contribution in [2.75, 3.05) is 0 Å². The van der Waals surface area contributed by atoms with Crippen molar-refractivity contribution in [1.29, 1.82) is 0 Å². The summed E-state index contributed by atoms with van der Waals surface area (Å²) in [5.74, 6) is 0. The minimum Gasteiger partial charge on any atom is -0.282 e. The summed E-state index contributed by atoms with van der Waals surface area (Å²) >= 11 is 0.622. The molecule has 0 unspecified atom stereocenters. The largest absolute Gasteiger partial charge is 0.295 e. The van der Waals surface area contributed by atoms with Crippen LogP contribution in [0, 0.1) is 6.92 Å². The molecule has 0 aliphatic rings. The van der Waals surface area contributed by atoms with Crippen molar-refractivity contribution >= 4 is 32.9 Å². The molecule has 0 aliphatic heterocycles. The summed E-state index contributed by atoms with van der Waals surface area (Å²) < 4.78 is 36.3. The van der Waals surface area contributed by atoms with Gasteiger partial charge in [-0.25, -0.2) is 5.26 Å². The van der Waals surface area contributed by atoms with Crippen molar-refractivity contribution in [2.45, 2.75) is 16.7 Å². The molecular weight excluding hydrogens is 292 g/mol. The van der Waals surface area contributed by atoms with Crippen LogP contribution in [0.15, 0.2) is 40.1 Å². The number of fused-ring (bicyclic) bond motifs is 1. The Morgan fingerprint density at radius 3 is 2.58 bits per heavy atom. The monoisotopic (exact) mass is 302 g/mol. The zero-order chi connectivity index (χ0) is 14.0. The van der Waals surface area contributed by atoms with Crippen LogP contribution in [0.5, 0.6) is 0 Å². The van der Waals surface area contributed by atoms with Crippen LogP contribution in [0.25, 0.3) is 10.8 Å². The third-order valence-electron chi connectivity index (χ3n) is 2.48. The lowest BCUT2D eigenvalue weighted by atomic mass is 10.1. The molecule has 0 atom stereocenters. The summed E-state index contributed by atoms with van der Waals surface area (Å²) in [6, 6.07) is 8.08. The van der Waals surface area contributed by atoms with Gasteiger partial charge in [0.05, 0.1) is 12.0 Å². The quantitative estimate of drug-likeness (QED) is 0.388. The van der Waals surface area contributed by atoms with Gasteiger partial charge in [-0.15, -0.1) is 4.33 Å². The average Bonchev–Trinajstić information content (AvgIpc) is 2.34. The van der Waals surface area contributed by atoms with E-state index in [-0.39, 0.29) is 4.90 Å². The molecule has 2 rings (SSSR count). The van der Waals surface area contributed by atoms with Gasteiger partial charge in [-0.1, -0.05) is 28.8 Å². The van der Waals surface area contributed by atoms with Gasteiger partial charge in [-0.3, -0.25) is 4.55 Å². The fraction of sp³-hybridized carbons (Fsp3) is 0.0909. The van der Waals surface area contributed by atoms with E-state index in [0.29, 0.717) is 27.7 Å². The van der Waals surface area contributed by atoms with E-state index in [1.807, 2.05) is 13.0 Å². The van der Waals surface area contributed by atoms with Crippen LogP contribution >= 0.6 is 12.0 Å². The highest BCUT2D eigenvalue weighted by Crippen LogP contribution is 2.31. The molecule has 102 valence electrons. The standard InChI is InChI=1S/C11H10O6S2/c1-7-2-3-8-5-9(18-17-16-12)6-11(10(8)4-7)19(13,14)15/h2-6,12H,1H3,(H,13,14,15). The number of benzene rings is 2. The maximum atomic E-state index is 11.4. The lowest BCUT2D eigenvalue weighted by Gasteiger charge is -2.07. The molecule has 0 saturated heterocycles. The number of aryl methyl sites for hydroxylation is 1. The lowest BCUT2D eigenvalue weighted by molar-refractivity contribution is -0.432. The van der Waals surface area contributed by atoms with Gasteiger partial charge in [0.25, 0.3) is 10.1 Å². The van der Waals surface area contributed by atoms with Gasteiger partial charge >= 0.3 is 0 Å². The highest BCUT2D eigenvalue weighted by molar-refractivity contribution is 7.94. The van der Waals surface area contributed by atoms with Gasteiger partial charge in [0.2, 0.25) is 0 Å². The van der Waals surface area contributed by atoms with Crippen molar-refractivity contribution in [3.05, 3.63) is 35.9 Å². The van der Waals surface area contributed by atoms with Crippen LogP contribution in [0.2, 0.25) is 0 Å². The van der Waals surface area contributed by atoms with E-state index in [1.165, 1.54) is 6.07 Å². The number of rotatable bonds is 4. The van der Waals surface area contributed by atoms with Crippen molar-refractivity contribution in [3.8, 4) is 0 Å². The molecule has 0 spiro atoms. The molecule has 0 fully saturated rings. The third kappa shape index (κ3) is 3.24. The van der Waals surface area contributed by atoms with Crippen molar-refractivity contribution in [2.24, 2.45) is 0 Å². The molecule has 6 nitrogen and oxygen atoms in total. The second kappa shape index (κ2) is 5.45. The Hall–Kier alpha value is -1.16. The average molecular weight is 302 g/mol. The van der Waals surface area contributed by atoms with E-state index < -0.39 is 10.1 Å². The van der Waals surface area contributed by atoms with E-state index in [4.69, 9.17) is 5.26 Å². The van der Waals surface area contributed by atoms with Crippen molar-refractivity contribution in [1.82, 2.24) is 0 Å². The van der Waals surface area contributed by atoms with Gasteiger partial charge in [0, 0.05) is 10.3 Å². The predicted octanol–water partition coefficient (Wildman–Crippen LogP) is 2.82. The van der Waals surface area contributed by atoms with Crippen molar-refractivity contribution < 1.29 is 27.6 Å². The van der Waals surface area contributed by atoms with E-state index >= 15 is 0 Å². The molecule has 0 saturated carbocycles. The summed E-state index contributed by atoms with van der Waals surface area (Å²) in [5.41, 5.74) is 0.868. The summed E-state index contributed by atoms with van der Waals surface area (Å²) in [6.07, 6.45) is 0. The van der Waals surface area contributed by atoms with Crippen LogP contribution in [0.3, 0.4) is 0 Å². The molecule has 0 aromatic heterocycles. The molecule has 2 aromatic carbocycles. The fourth-order valence-corrected chi connectivity index (χ4v) is 2.98. The first-order valence-electron chi connectivity index (χ1n) is 5.08. The molecule has 0 aliphatic carbocycles. The highest BCUT2D eigenvalue weighted by Gasteiger charge is 2.16. The van der Waals surface area contributed by atoms with Crippen LogP contribution in [-0.4, -0.2) is 18.2 Å². The zero-order valence-electron chi connectivity index (χ0n) is 9.73. The fourth-order valence-electron chi connectivity index (χ4n) is 1.73. The van der Waals surface area contributed by atoms with Crippen molar-refractivity contribution in [3.63, 3.8) is 0 Å². The second-order valence-corrected chi connectivity index (χ2v) is 6.01.